The van der Waals surface area contributed by atoms with Crippen molar-refractivity contribution in [1.29, 1.82) is 0 Å². The second kappa shape index (κ2) is 8.30. The molecule has 7 heteroatoms. The lowest BCUT2D eigenvalue weighted by Gasteiger charge is -2.09. The maximum Gasteiger partial charge on any atom is 0.175 e. The quantitative estimate of drug-likeness (QED) is 0.574. The summed E-state index contributed by atoms with van der Waals surface area (Å²) in [5, 5.41) is 11.6. The van der Waals surface area contributed by atoms with Crippen LogP contribution >= 0.6 is 34.9 Å². The van der Waals surface area contributed by atoms with Crippen LogP contribution < -0.4 is 5.32 Å². The van der Waals surface area contributed by atoms with Crippen molar-refractivity contribution in [1.82, 2.24) is 20.4 Å². The van der Waals surface area contributed by atoms with Crippen molar-refractivity contribution in [2.45, 2.75) is 8.68 Å². The second-order valence-corrected chi connectivity index (χ2v) is 6.81. The summed E-state index contributed by atoms with van der Waals surface area (Å²) in [7, 11) is 4.17. The Hall–Kier alpha value is 0.180. The van der Waals surface area contributed by atoms with E-state index in [1.807, 2.05) is 6.26 Å². The average Bonchev–Trinajstić information content (AvgIpc) is 2.70. The molecule has 1 N–H and O–H groups in total. The van der Waals surface area contributed by atoms with E-state index in [2.05, 4.69) is 34.5 Å². The first-order valence-corrected chi connectivity index (χ1v) is 8.11. The molecule has 4 nitrogen and oxygen atoms in total. The predicted octanol–water partition coefficient (Wildman–Crippen LogP) is 1.50. The fraction of sp³-hybridized carbons (Fsp3) is 0.778. The van der Waals surface area contributed by atoms with E-state index in [0.29, 0.717) is 0 Å². The van der Waals surface area contributed by atoms with Crippen LogP contribution in [0.25, 0.3) is 0 Å². The molecule has 0 fully saturated rings. The fourth-order valence-electron chi connectivity index (χ4n) is 0.976. The van der Waals surface area contributed by atoms with Crippen molar-refractivity contribution in [2.24, 2.45) is 0 Å². The Morgan fingerprint density at radius 3 is 2.62 bits per heavy atom. The zero-order valence-corrected chi connectivity index (χ0v) is 12.3. The molecular formula is C9H18N4S3. The summed E-state index contributed by atoms with van der Waals surface area (Å²) < 4.78 is 2.11. The van der Waals surface area contributed by atoms with E-state index in [9.17, 15) is 0 Å². The predicted molar refractivity (Wildman–Crippen MR) is 73.8 cm³/mol. The van der Waals surface area contributed by atoms with Gasteiger partial charge in [0, 0.05) is 25.4 Å². The molecule has 0 radical (unpaired) electrons. The molecule has 0 saturated carbocycles. The Bertz CT molecular complexity index is 290. The minimum atomic E-state index is 1.02. The minimum absolute atomic E-state index is 1.02. The normalized spacial score (nSPS) is 11.2. The van der Waals surface area contributed by atoms with Crippen LogP contribution in [0.4, 0.5) is 0 Å². The first-order valence-electron chi connectivity index (χ1n) is 5.08. The summed E-state index contributed by atoms with van der Waals surface area (Å²) in [6.45, 7) is 3.15. The van der Waals surface area contributed by atoms with Gasteiger partial charge in [0.1, 0.15) is 0 Å². The lowest BCUT2D eigenvalue weighted by atomic mass is 10.5. The van der Waals surface area contributed by atoms with Crippen molar-refractivity contribution in [3.63, 3.8) is 0 Å². The van der Waals surface area contributed by atoms with Crippen LogP contribution in [0.3, 0.4) is 0 Å². The van der Waals surface area contributed by atoms with Crippen LogP contribution in [0, 0.1) is 0 Å². The third-order valence-electron chi connectivity index (χ3n) is 1.80. The topological polar surface area (TPSA) is 41.1 Å². The highest BCUT2D eigenvalue weighted by molar-refractivity contribution is 8.02. The summed E-state index contributed by atoms with van der Waals surface area (Å²) in [6, 6.07) is 0. The molecule has 0 bridgehead atoms. The van der Waals surface area contributed by atoms with Crippen LogP contribution in [0.5, 0.6) is 0 Å². The van der Waals surface area contributed by atoms with Gasteiger partial charge in [-0.05, 0) is 20.4 Å². The highest BCUT2D eigenvalue weighted by Gasteiger charge is 2.02. The first kappa shape index (κ1) is 14.2. The number of nitrogens with one attached hydrogen (secondary N) is 1. The zero-order chi connectivity index (χ0) is 11.8. The molecule has 0 aliphatic carbocycles. The molecule has 16 heavy (non-hydrogen) atoms. The van der Waals surface area contributed by atoms with Crippen molar-refractivity contribution in [2.75, 3.05) is 45.7 Å². The van der Waals surface area contributed by atoms with Crippen LogP contribution in [0.1, 0.15) is 0 Å². The van der Waals surface area contributed by atoms with Gasteiger partial charge in [-0.25, -0.2) is 0 Å². The van der Waals surface area contributed by atoms with Gasteiger partial charge in [0.2, 0.25) is 0 Å². The average molecular weight is 278 g/mol. The molecular weight excluding hydrogens is 260 g/mol. The fourth-order valence-corrected chi connectivity index (χ4v) is 3.38. The first-order chi connectivity index (χ1) is 7.72. The molecule has 0 unspecified atom stereocenters. The van der Waals surface area contributed by atoms with Crippen molar-refractivity contribution in [3.8, 4) is 0 Å². The number of likely N-dealkylation sites (N-methyl/N-ethyl adjacent to an activating group) is 1. The van der Waals surface area contributed by atoms with Gasteiger partial charge >= 0.3 is 0 Å². The Morgan fingerprint density at radius 1 is 1.25 bits per heavy atom. The molecule has 1 heterocycles. The number of rotatable bonds is 8. The number of hydrogen-bond acceptors (Lipinski definition) is 7. The summed E-state index contributed by atoms with van der Waals surface area (Å²) in [4.78, 5) is 2.18. The lowest BCUT2D eigenvalue weighted by Crippen LogP contribution is -2.27. The van der Waals surface area contributed by atoms with Gasteiger partial charge in [-0.2, -0.15) is 0 Å². The maximum absolute atomic E-state index is 4.11. The van der Waals surface area contributed by atoms with E-state index >= 15 is 0 Å². The van der Waals surface area contributed by atoms with Crippen molar-refractivity contribution >= 4 is 34.9 Å². The summed E-state index contributed by atoms with van der Waals surface area (Å²) in [6.07, 6.45) is 2.03. The number of hydrogen-bond donors (Lipinski definition) is 1. The molecule has 0 aliphatic heterocycles. The van der Waals surface area contributed by atoms with Crippen molar-refractivity contribution in [3.05, 3.63) is 0 Å². The van der Waals surface area contributed by atoms with Gasteiger partial charge in [-0.3, -0.25) is 0 Å². The summed E-state index contributed by atoms with van der Waals surface area (Å²) >= 11 is 5.09. The molecule has 92 valence electrons. The van der Waals surface area contributed by atoms with Gasteiger partial charge in [-0.1, -0.05) is 34.9 Å². The molecule has 0 spiro atoms. The van der Waals surface area contributed by atoms with Gasteiger partial charge in [0.05, 0.1) is 0 Å². The molecule has 0 aliphatic rings. The SMILES string of the molecule is CSc1nnc(SCCNCCN(C)C)s1. The Balaban J connectivity index is 2.02. The maximum atomic E-state index is 4.11. The molecule has 0 saturated heterocycles. The Morgan fingerprint density at radius 2 is 2.00 bits per heavy atom. The van der Waals surface area contributed by atoms with Gasteiger partial charge < -0.3 is 10.2 Å². The van der Waals surface area contributed by atoms with E-state index in [-0.39, 0.29) is 0 Å². The third kappa shape index (κ3) is 6.05. The molecule has 1 aromatic heterocycles. The molecule has 0 atom stereocenters. The zero-order valence-electron chi connectivity index (χ0n) is 9.89. The number of aromatic nitrogens is 2. The van der Waals surface area contributed by atoms with Crippen LogP contribution in [-0.4, -0.2) is 60.8 Å². The van der Waals surface area contributed by atoms with Crippen molar-refractivity contribution < 1.29 is 0 Å². The van der Waals surface area contributed by atoms with E-state index in [1.54, 1.807) is 34.9 Å². The molecule has 0 aromatic carbocycles. The molecule has 1 rings (SSSR count). The summed E-state index contributed by atoms with van der Waals surface area (Å²) in [5.41, 5.74) is 0. The highest BCUT2D eigenvalue weighted by Crippen LogP contribution is 2.26. The largest absolute Gasteiger partial charge is 0.315 e. The minimum Gasteiger partial charge on any atom is -0.315 e. The monoisotopic (exact) mass is 278 g/mol. The smallest absolute Gasteiger partial charge is 0.175 e. The van der Waals surface area contributed by atoms with Gasteiger partial charge in [-0.15, -0.1) is 10.2 Å². The molecule has 0 amide bonds. The van der Waals surface area contributed by atoms with Gasteiger partial charge in [0.25, 0.3) is 0 Å². The van der Waals surface area contributed by atoms with E-state index in [1.165, 1.54) is 0 Å². The molecule has 1 aromatic rings. The third-order valence-corrected chi connectivity index (χ3v) is 4.84. The van der Waals surface area contributed by atoms with Crippen LogP contribution in [0.15, 0.2) is 8.68 Å². The Kier molecular flexibility index (Phi) is 7.39. The van der Waals surface area contributed by atoms with E-state index < -0.39 is 0 Å². The number of thioether (sulfide) groups is 2. The summed E-state index contributed by atoms with van der Waals surface area (Å²) in [5.74, 6) is 1.05. The highest BCUT2D eigenvalue weighted by atomic mass is 32.2. The van der Waals surface area contributed by atoms with Crippen LogP contribution in [-0.2, 0) is 0 Å². The standard InChI is InChI=1S/C9H18N4S3/c1-13(2)6-4-10-5-7-15-9-12-11-8(14-3)16-9/h10H,4-7H2,1-3H3. The van der Waals surface area contributed by atoms with Crippen LogP contribution in [0.2, 0.25) is 0 Å². The van der Waals surface area contributed by atoms with Gasteiger partial charge in [0.15, 0.2) is 8.68 Å². The lowest BCUT2D eigenvalue weighted by molar-refractivity contribution is 0.403. The van der Waals surface area contributed by atoms with E-state index in [0.717, 1.165) is 34.1 Å². The number of nitrogens with zero attached hydrogens (tertiary/aromatic N) is 3. The van der Waals surface area contributed by atoms with E-state index in [4.69, 9.17) is 0 Å². The second-order valence-electron chi connectivity index (χ2n) is 3.44. The Labute approximate surface area is 110 Å².